The van der Waals surface area contributed by atoms with Crippen molar-refractivity contribution in [2.75, 3.05) is 6.00 Å². The molecule has 76 valence electrons. The molecule has 0 radical (unpaired) electrons. The summed E-state index contributed by atoms with van der Waals surface area (Å²) in [5.74, 6) is 0. The van der Waals surface area contributed by atoms with Crippen LogP contribution in [0.3, 0.4) is 0 Å². The topological polar surface area (TPSA) is 48.5 Å². The van der Waals surface area contributed by atoms with Gasteiger partial charge in [-0.05, 0) is 12.8 Å². The first-order valence-electron chi connectivity index (χ1n) is 4.15. The highest BCUT2D eigenvalue weighted by molar-refractivity contribution is 6.19. The molecule has 0 aliphatic heterocycles. The van der Waals surface area contributed by atoms with Crippen LogP contribution in [-0.2, 0) is 0 Å². The number of hydrogen-bond acceptors (Lipinski definition) is 3. The van der Waals surface area contributed by atoms with Gasteiger partial charge >= 0.3 is 0 Å². The molecule has 4 heteroatoms. The molecule has 0 fully saturated rings. The first-order valence-corrected chi connectivity index (χ1v) is 4.68. The van der Waals surface area contributed by atoms with E-state index in [0.29, 0.717) is 0 Å². The minimum Gasteiger partial charge on any atom is -0.268 e. The molecule has 0 rings (SSSR count). The highest BCUT2D eigenvalue weighted by Crippen LogP contribution is 2.25. The maximum absolute atomic E-state index is 8.72. The molecule has 0 aliphatic carbocycles. The van der Waals surface area contributed by atoms with Crippen molar-refractivity contribution in [1.29, 1.82) is 5.26 Å². The third-order valence-corrected chi connectivity index (χ3v) is 1.68. The predicted octanol–water partition coefficient (Wildman–Crippen LogP) is 2.78. The third kappa shape index (κ3) is 4.20. The summed E-state index contributed by atoms with van der Waals surface area (Å²) in [4.78, 5) is 7.67. The van der Waals surface area contributed by atoms with Crippen LogP contribution in [0.15, 0.2) is 21.8 Å². The molecule has 0 saturated heterocycles. The molecule has 0 unspecified atom stereocenters. The van der Waals surface area contributed by atoms with Crippen LogP contribution in [0.4, 0.5) is 0 Å². The molecular formula is C10H14ClN3. The molecule has 0 N–H and O–H groups in total. The zero-order chi connectivity index (χ0) is 11.2. The van der Waals surface area contributed by atoms with Gasteiger partial charge in [-0.15, -0.1) is 11.6 Å². The van der Waals surface area contributed by atoms with E-state index >= 15 is 0 Å². The largest absolute Gasteiger partial charge is 0.268 e. The average Bonchev–Trinajstić information content (AvgIpc) is 2.10. The summed E-state index contributed by atoms with van der Waals surface area (Å²) in [6.45, 7) is 9.43. The van der Waals surface area contributed by atoms with Gasteiger partial charge < -0.3 is 0 Å². The lowest BCUT2D eigenvalue weighted by Gasteiger charge is -2.18. The molecule has 3 nitrogen and oxygen atoms in total. The standard InChI is InChI=1S/C10H14ClN3/c1-10(2,3)9(13-4)5-8(6-12)14-7-11/h5H,4,7H2,1-3H3/b9-5-,14-8+. The molecule has 0 spiro atoms. The molecule has 0 atom stereocenters. The SMILES string of the molecule is C=N/C(=C\C(C#N)=N/CCl)C(C)(C)C. The number of alkyl halides is 1. The lowest BCUT2D eigenvalue weighted by atomic mass is 9.91. The molecule has 0 aromatic heterocycles. The number of allylic oxidation sites excluding steroid dienone is 2. The lowest BCUT2D eigenvalue weighted by molar-refractivity contribution is 0.500. The summed E-state index contributed by atoms with van der Waals surface area (Å²) in [6, 6.07) is 2.02. The maximum Gasteiger partial charge on any atom is 0.138 e. The summed E-state index contributed by atoms with van der Waals surface area (Å²) in [7, 11) is 0. The maximum atomic E-state index is 8.72. The van der Waals surface area contributed by atoms with Crippen molar-refractivity contribution in [2.45, 2.75) is 20.8 Å². The van der Waals surface area contributed by atoms with Crippen molar-refractivity contribution < 1.29 is 0 Å². The van der Waals surface area contributed by atoms with Gasteiger partial charge in [0.15, 0.2) is 0 Å². The molecule has 0 aromatic rings. The molecule has 0 aromatic carbocycles. The van der Waals surface area contributed by atoms with E-state index in [4.69, 9.17) is 16.9 Å². The Bertz CT molecular complexity index is 302. The summed E-state index contributed by atoms with van der Waals surface area (Å²) in [5.41, 5.74) is 0.853. The van der Waals surface area contributed by atoms with E-state index in [-0.39, 0.29) is 17.1 Å². The van der Waals surface area contributed by atoms with Crippen molar-refractivity contribution >= 4 is 24.0 Å². The van der Waals surface area contributed by atoms with Crippen LogP contribution < -0.4 is 0 Å². The Morgan fingerprint density at radius 3 is 2.43 bits per heavy atom. The number of halogens is 1. The zero-order valence-electron chi connectivity index (χ0n) is 8.71. The van der Waals surface area contributed by atoms with E-state index in [1.807, 2.05) is 26.8 Å². The number of hydrogen-bond donors (Lipinski definition) is 0. The first-order chi connectivity index (χ1) is 6.45. The number of rotatable bonds is 3. The molecule has 0 saturated carbocycles. The monoisotopic (exact) mass is 211 g/mol. The highest BCUT2D eigenvalue weighted by atomic mass is 35.5. The number of nitrogens with zero attached hydrogens (tertiary/aromatic N) is 3. The van der Waals surface area contributed by atoms with Crippen LogP contribution >= 0.6 is 11.6 Å². The quantitative estimate of drug-likeness (QED) is 0.402. The molecule has 0 amide bonds. The van der Waals surface area contributed by atoms with Crippen LogP contribution in [0.2, 0.25) is 0 Å². The highest BCUT2D eigenvalue weighted by Gasteiger charge is 2.16. The number of aliphatic imine (C=N–C) groups is 2. The van der Waals surface area contributed by atoms with Crippen LogP contribution in [0.1, 0.15) is 20.8 Å². The Morgan fingerprint density at radius 1 is 1.57 bits per heavy atom. The molecule has 0 bridgehead atoms. The molecule has 0 aliphatic rings. The van der Waals surface area contributed by atoms with Crippen LogP contribution in [0.5, 0.6) is 0 Å². The van der Waals surface area contributed by atoms with E-state index in [1.54, 1.807) is 6.08 Å². The predicted molar refractivity (Wildman–Crippen MR) is 60.9 cm³/mol. The van der Waals surface area contributed by atoms with Crippen molar-refractivity contribution in [3.05, 3.63) is 11.8 Å². The zero-order valence-corrected chi connectivity index (χ0v) is 9.47. The summed E-state index contributed by atoms with van der Waals surface area (Å²) < 4.78 is 0. The first kappa shape index (κ1) is 12.9. The Kier molecular flexibility index (Phi) is 5.11. The van der Waals surface area contributed by atoms with Gasteiger partial charge in [-0.25, -0.2) is 0 Å². The van der Waals surface area contributed by atoms with Crippen LogP contribution in [0.25, 0.3) is 0 Å². The normalized spacial score (nSPS) is 13.6. The van der Waals surface area contributed by atoms with Gasteiger partial charge in [0, 0.05) is 11.1 Å². The fourth-order valence-corrected chi connectivity index (χ4v) is 0.935. The summed E-state index contributed by atoms with van der Waals surface area (Å²) in [5, 5.41) is 8.72. The summed E-state index contributed by atoms with van der Waals surface area (Å²) in [6.07, 6.45) is 1.61. The van der Waals surface area contributed by atoms with E-state index in [0.717, 1.165) is 5.70 Å². The smallest absolute Gasteiger partial charge is 0.138 e. The Labute approximate surface area is 89.8 Å². The fraction of sp³-hybridized carbons (Fsp3) is 0.500. The van der Waals surface area contributed by atoms with Crippen molar-refractivity contribution in [3.63, 3.8) is 0 Å². The Balaban J connectivity index is 5.04. The second-order valence-corrected chi connectivity index (χ2v) is 3.95. The van der Waals surface area contributed by atoms with Gasteiger partial charge in [-0.2, -0.15) is 5.26 Å². The van der Waals surface area contributed by atoms with Gasteiger partial charge in [-0.1, -0.05) is 20.8 Å². The van der Waals surface area contributed by atoms with Gasteiger partial charge in [0.25, 0.3) is 0 Å². The van der Waals surface area contributed by atoms with E-state index in [9.17, 15) is 0 Å². The third-order valence-electron chi connectivity index (χ3n) is 1.56. The van der Waals surface area contributed by atoms with Crippen LogP contribution in [-0.4, -0.2) is 18.4 Å². The van der Waals surface area contributed by atoms with Gasteiger partial charge in [0.1, 0.15) is 17.8 Å². The molecule has 14 heavy (non-hydrogen) atoms. The average molecular weight is 212 g/mol. The van der Waals surface area contributed by atoms with E-state index < -0.39 is 0 Å². The van der Waals surface area contributed by atoms with Gasteiger partial charge in [0.2, 0.25) is 0 Å². The van der Waals surface area contributed by atoms with Crippen LogP contribution in [0, 0.1) is 16.7 Å². The Hall–Kier alpha value is -1.14. The summed E-state index contributed by atoms with van der Waals surface area (Å²) >= 11 is 5.40. The van der Waals surface area contributed by atoms with Gasteiger partial charge in [0.05, 0.1) is 0 Å². The van der Waals surface area contributed by atoms with E-state index in [1.165, 1.54) is 0 Å². The number of nitriles is 1. The molecular weight excluding hydrogens is 198 g/mol. The van der Waals surface area contributed by atoms with Crippen molar-refractivity contribution in [3.8, 4) is 6.07 Å². The lowest BCUT2D eigenvalue weighted by Crippen LogP contribution is -2.09. The second-order valence-electron chi connectivity index (χ2n) is 3.71. The second kappa shape index (κ2) is 5.56. The van der Waals surface area contributed by atoms with Crippen molar-refractivity contribution in [1.82, 2.24) is 0 Å². The van der Waals surface area contributed by atoms with E-state index in [2.05, 4.69) is 16.7 Å². The van der Waals surface area contributed by atoms with Gasteiger partial charge in [-0.3, -0.25) is 9.98 Å². The Morgan fingerprint density at radius 2 is 2.14 bits per heavy atom. The fourth-order valence-electron chi connectivity index (χ4n) is 0.806. The minimum atomic E-state index is -0.147. The van der Waals surface area contributed by atoms with Crippen molar-refractivity contribution in [2.24, 2.45) is 15.4 Å². The molecule has 0 heterocycles. The minimum absolute atomic E-state index is 0.0773.